The smallest absolute Gasteiger partial charge is 0.281 e. The van der Waals surface area contributed by atoms with E-state index >= 15 is 0 Å². The summed E-state index contributed by atoms with van der Waals surface area (Å²) in [7, 11) is 0. The SMILES string of the molecule is Cc1ccc(N2C(=O)/C(=C\c3ccccc3)NC2=NC2CCCCC2)cc1. The molecule has 4 heteroatoms. The molecular weight excluding hydrogens is 334 g/mol. The van der Waals surface area contributed by atoms with Crippen molar-refractivity contribution in [1.82, 2.24) is 5.32 Å². The molecule has 0 radical (unpaired) electrons. The van der Waals surface area contributed by atoms with Crippen molar-refractivity contribution in [3.05, 3.63) is 71.4 Å². The van der Waals surface area contributed by atoms with Gasteiger partial charge in [-0.05, 0) is 43.5 Å². The summed E-state index contributed by atoms with van der Waals surface area (Å²) in [5.41, 5.74) is 3.58. The van der Waals surface area contributed by atoms with E-state index in [1.54, 1.807) is 4.90 Å². The van der Waals surface area contributed by atoms with E-state index in [4.69, 9.17) is 4.99 Å². The third-order valence-electron chi connectivity index (χ3n) is 5.17. The van der Waals surface area contributed by atoms with Gasteiger partial charge in [0.05, 0.1) is 11.7 Å². The van der Waals surface area contributed by atoms with Crippen LogP contribution in [0.1, 0.15) is 43.2 Å². The molecule has 1 aliphatic heterocycles. The van der Waals surface area contributed by atoms with Gasteiger partial charge in [0, 0.05) is 0 Å². The van der Waals surface area contributed by atoms with Crippen molar-refractivity contribution < 1.29 is 4.79 Å². The van der Waals surface area contributed by atoms with Crippen molar-refractivity contribution in [2.45, 2.75) is 45.1 Å². The number of amides is 1. The summed E-state index contributed by atoms with van der Waals surface area (Å²) in [5, 5.41) is 3.29. The minimum atomic E-state index is -0.0581. The highest BCUT2D eigenvalue weighted by atomic mass is 16.2. The maximum Gasteiger partial charge on any atom is 0.281 e. The third kappa shape index (κ3) is 3.95. The molecule has 0 bridgehead atoms. The summed E-state index contributed by atoms with van der Waals surface area (Å²) in [4.78, 5) is 19.8. The highest BCUT2D eigenvalue weighted by Crippen LogP contribution is 2.26. The predicted molar refractivity (Wildman–Crippen MR) is 111 cm³/mol. The van der Waals surface area contributed by atoms with Gasteiger partial charge in [-0.2, -0.15) is 0 Å². The zero-order valence-corrected chi connectivity index (χ0v) is 15.7. The normalized spacial score (nSPS) is 21.1. The minimum absolute atomic E-state index is 0.0581. The summed E-state index contributed by atoms with van der Waals surface area (Å²) in [5.74, 6) is 0.593. The molecule has 1 saturated carbocycles. The van der Waals surface area contributed by atoms with Gasteiger partial charge in [-0.15, -0.1) is 0 Å². The first-order chi connectivity index (χ1) is 13.2. The topological polar surface area (TPSA) is 44.7 Å². The number of carbonyl (C=O) groups is 1. The zero-order valence-electron chi connectivity index (χ0n) is 15.7. The number of rotatable bonds is 3. The molecule has 1 aliphatic carbocycles. The average Bonchev–Trinajstić information content (AvgIpc) is 2.99. The van der Waals surface area contributed by atoms with Crippen LogP contribution in [0.3, 0.4) is 0 Å². The third-order valence-corrected chi connectivity index (χ3v) is 5.17. The molecule has 1 N–H and O–H groups in total. The molecule has 4 nitrogen and oxygen atoms in total. The number of benzene rings is 2. The van der Waals surface area contributed by atoms with Gasteiger partial charge in [-0.25, -0.2) is 9.89 Å². The highest BCUT2D eigenvalue weighted by molar-refractivity contribution is 6.29. The van der Waals surface area contributed by atoms with Crippen LogP contribution in [0.25, 0.3) is 6.08 Å². The molecule has 1 heterocycles. The fourth-order valence-corrected chi connectivity index (χ4v) is 3.67. The fourth-order valence-electron chi connectivity index (χ4n) is 3.67. The Morgan fingerprint density at radius 1 is 1.00 bits per heavy atom. The quantitative estimate of drug-likeness (QED) is 0.810. The lowest BCUT2D eigenvalue weighted by Gasteiger charge is -2.21. The van der Waals surface area contributed by atoms with Crippen molar-refractivity contribution in [3.8, 4) is 0 Å². The Morgan fingerprint density at radius 2 is 1.70 bits per heavy atom. The van der Waals surface area contributed by atoms with Gasteiger partial charge < -0.3 is 5.32 Å². The van der Waals surface area contributed by atoms with E-state index in [-0.39, 0.29) is 11.9 Å². The number of guanidine groups is 1. The Kier molecular flexibility index (Phi) is 5.05. The summed E-state index contributed by atoms with van der Waals surface area (Å²) in [6.45, 7) is 2.05. The van der Waals surface area contributed by atoms with Crippen LogP contribution in [0.5, 0.6) is 0 Å². The van der Waals surface area contributed by atoms with E-state index in [2.05, 4.69) is 5.32 Å². The second-order valence-corrected chi connectivity index (χ2v) is 7.31. The van der Waals surface area contributed by atoms with Crippen LogP contribution >= 0.6 is 0 Å². The van der Waals surface area contributed by atoms with E-state index in [1.807, 2.05) is 67.6 Å². The molecule has 1 amide bonds. The largest absolute Gasteiger partial charge is 0.321 e. The van der Waals surface area contributed by atoms with E-state index in [0.29, 0.717) is 11.7 Å². The van der Waals surface area contributed by atoms with Gasteiger partial charge in [0.2, 0.25) is 5.96 Å². The number of nitrogens with zero attached hydrogens (tertiary/aromatic N) is 2. The van der Waals surface area contributed by atoms with Gasteiger partial charge in [0.1, 0.15) is 5.70 Å². The molecular formula is C23H25N3O. The van der Waals surface area contributed by atoms with Gasteiger partial charge >= 0.3 is 0 Å². The lowest BCUT2D eigenvalue weighted by Crippen LogP contribution is -2.34. The maximum absolute atomic E-state index is 13.2. The fraction of sp³-hybridized carbons (Fsp3) is 0.304. The van der Waals surface area contributed by atoms with Crippen LogP contribution in [0, 0.1) is 6.92 Å². The number of aliphatic imine (C=N–C) groups is 1. The van der Waals surface area contributed by atoms with Gasteiger partial charge in [0.15, 0.2) is 0 Å². The first-order valence-electron chi connectivity index (χ1n) is 9.73. The molecule has 2 aliphatic rings. The molecule has 1 saturated heterocycles. The Labute approximate surface area is 160 Å². The Hall–Kier alpha value is -2.88. The van der Waals surface area contributed by atoms with Crippen LogP contribution in [0.2, 0.25) is 0 Å². The lowest BCUT2D eigenvalue weighted by atomic mass is 9.96. The number of hydrogen-bond acceptors (Lipinski definition) is 2. The summed E-state index contributed by atoms with van der Waals surface area (Å²) < 4.78 is 0. The van der Waals surface area contributed by atoms with E-state index in [1.165, 1.54) is 24.8 Å². The maximum atomic E-state index is 13.2. The summed E-state index contributed by atoms with van der Waals surface area (Å²) >= 11 is 0. The van der Waals surface area contributed by atoms with Crippen LogP contribution < -0.4 is 10.2 Å². The minimum Gasteiger partial charge on any atom is -0.321 e. The van der Waals surface area contributed by atoms with Crippen molar-refractivity contribution >= 4 is 23.6 Å². The molecule has 2 aromatic carbocycles. The van der Waals surface area contributed by atoms with Crippen molar-refractivity contribution in [2.24, 2.45) is 4.99 Å². The highest BCUT2D eigenvalue weighted by Gasteiger charge is 2.34. The Bertz CT molecular complexity index is 862. The first kappa shape index (κ1) is 17.5. The zero-order chi connectivity index (χ0) is 18.6. The Balaban J connectivity index is 1.70. The van der Waals surface area contributed by atoms with E-state index in [0.717, 1.165) is 24.1 Å². The van der Waals surface area contributed by atoms with Gasteiger partial charge in [-0.1, -0.05) is 67.3 Å². The number of anilines is 1. The van der Waals surface area contributed by atoms with Crippen molar-refractivity contribution in [2.75, 3.05) is 4.90 Å². The molecule has 2 aromatic rings. The predicted octanol–water partition coefficient (Wildman–Crippen LogP) is 4.66. The van der Waals surface area contributed by atoms with Crippen LogP contribution in [0.15, 0.2) is 65.3 Å². The van der Waals surface area contributed by atoms with Crippen LogP contribution in [-0.4, -0.2) is 17.9 Å². The van der Waals surface area contributed by atoms with Crippen molar-refractivity contribution in [3.63, 3.8) is 0 Å². The average molecular weight is 359 g/mol. The molecule has 2 fully saturated rings. The number of nitrogens with one attached hydrogen (secondary N) is 1. The van der Waals surface area contributed by atoms with E-state index in [9.17, 15) is 4.79 Å². The molecule has 0 aromatic heterocycles. The second kappa shape index (κ2) is 7.78. The standard InChI is InChI=1S/C23H25N3O/c1-17-12-14-20(15-13-17)26-22(27)21(16-18-8-4-2-5-9-18)25-23(26)24-19-10-6-3-7-11-19/h2,4-5,8-9,12-16,19H,3,6-7,10-11H2,1H3,(H,24,25)/b21-16+. The monoisotopic (exact) mass is 359 g/mol. The number of carbonyl (C=O) groups excluding carboxylic acids is 1. The summed E-state index contributed by atoms with van der Waals surface area (Å²) in [6.07, 6.45) is 7.80. The lowest BCUT2D eigenvalue weighted by molar-refractivity contribution is -0.113. The molecule has 0 spiro atoms. The number of hydrogen-bond donors (Lipinski definition) is 1. The van der Waals surface area contributed by atoms with Crippen LogP contribution in [0.4, 0.5) is 5.69 Å². The van der Waals surface area contributed by atoms with Gasteiger partial charge in [-0.3, -0.25) is 4.79 Å². The van der Waals surface area contributed by atoms with Crippen molar-refractivity contribution in [1.29, 1.82) is 0 Å². The number of aryl methyl sites for hydroxylation is 1. The molecule has 27 heavy (non-hydrogen) atoms. The van der Waals surface area contributed by atoms with Gasteiger partial charge in [0.25, 0.3) is 5.91 Å². The molecule has 138 valence electrons. The molecule has 0 atom stereocenters. The second-order valence-electron chi connectivity index (χ2n) is 7.31. The molecule has 0 unspecified atom stereocenters. The van der Waals surface area contributed by atoms with Crippen LogP contribution in [-0.2, 0) is 4.79 Å². The molecule has 4 rings (SSSR count). The summed E-state index contributed by atoms with van der Waals surface area (Å²) in [6, 6.07) is 18.2. The van der Waals surface area contributed by atoms with E-state index < -0.39 is 0 Å². The Morgan fingerprint density at radius 3 is 2.41 bits per heavy atom. The first-order valence-corrected chi connectivity index (χ1v) is 9.73.